The van der Waals surface area contributed by atoms with E-state index in [9.17, 15) is 9.18 Å². The van der Waals surface area contributed by atoms with Crippen molar-refractivity contribution in [2.45, 2.75) is 19.8 Å². The minimum atomic E-state index is -1.28. The van der Waals surface area contributed by atoms with E-state index in [1.807, 2.05) is 0 Å². The van der Waals surface area contributed by atoms with E-state index < -0.39 is 11.8 Å². The molecule has 76 valence electrons. The van der Waals surface area contributed by atoms with Crippen LogP contribution in [0.15, 0.2) is 12.1 Å². The predicted octanol–water partition coefficient (Wildman–Crippen LogP) is 3.30. The number of aromatic carboxylic acids is 1. The number of hydrogen-bond acceptors (Lipinski definition) is 1. The van der Waals surface area contributed by atoms with Gasteiger partial charge in [-0.3, -0.25) is 0 Å². The fourth-order valence-electron chi connectivity index (χ4n) is 1.35. The first-order chi connectivity index (χ1) is 6.45. The highest BCUT2D eigenvalue weighted by molar-refractivity contribution is 6.31. The Bertz CT molecular complexity index is 375. The van der Waals surface area contributed by atoms with Gasteiger partial charge in [0.15, 0.2) is 0 Å². The van der Waals surface area contributed by atoms with Gasteiger partial charge in [-0.15, -0.1) is 0 Å². The molecular formula is C10H10ClFO2. The van der Waals surface area contributed by atoms with E-state index in [4.69, 9.17) is 16.7 Å². The third kappa shape index (κ3) is 1.87. The van der Waals surface area contributed by atoms with E-state index in [1.165, 1.54) is 6.07 Å². The third-order valence-electron chi connectivity index (χ3n) is 1.93. The van der Waals surface area contributed by atoms with Crippen molar-refractivity contribution in [1.82, 2.24) is 0 Å². The maximum absolute atomic E-state index is 13.2. The summed E-state index contributed by atoms with van der Waals surface area (Å²) in [5, 5.41) is 9.11. The summed E-state index contributed by atoms with van der Waals surface area (Å²) in [6, 6.07) is 2.44. The van der Waals surface area contributed by atoms with E-state index in [0.29, 0.717) is 10.6 Å². The van der Waals surface area contributed by atoms with Crippen molar-refractivity contribution >= 4 is 17.6 Å². The van der Waals surface area contributed by atoms with Crippen LogP contribution in [0.2, 0.25) is 5.02 Å². The molecule has 0 bridgehead atoms. The summed E-state index contributed by atoms with van der Waals surface area (Å²) in [5.74, 6) is -2.15. The van der Waals surface area contributed by atoms with E-state index in [1.54, 1.807) is 13.8 Å². The van der Waals surface area contributed by atoms with Crippen molar-refractivity contribution in [2.24, 2.45) is 0 Å². The number of carboxylic acids is 1. The van der Waals surface area contributed by atoms with Gasteiger partial charge >= 0.3 is 5.97 Å². The average Bonchev–Trinajstić information content (AvgIpc) is 2.07. The highest BCUT2D eigenvalue weighted by Crippen LogP contribution is 2.29. The van der Waals surface area contributed by atoms with Gasteiger partial charge in [0.25, 0.3) is 0 Å². The van der Waals surface area contributed by atoms with Crippen LogP contribution in [0.1, 0.15) is 35.7 Å². The summed E-state index contributed by atoms with van der Waals surface area (Å²) in [7, 11) is 0. The lowest BCUT2D eigenvalue weighted by Gasteiger charge is -2.12. The van der Waals surface area contributed by atoms with Crippen LogP contribution < -0.4 is 0 Å². The lowest BCUT2D eigenvalue weighted by Crippen LogP contribution is -2.07. The maximum Gasteiger partial charge on any atom is 0.339 e. The van der Waals surface area contributed by atoms with Crippen LogP contribution in [-0.2, 0) is 0 Å². The molecule has 2 nitrogen and oxygen atoms in total. The van der Waals surface area contributed by atoms with Gasteiger partial charge in [-0.1, -0.05) is 25.4 Å². The van der Waals surface area contributed by atoms with Crippen LogP contribution >= 0.6 is 11.6 Å². The maximum atomic E-state index is 13.2. The average molecular weight is 217 g/mol. The second-order valence-corrected chi connectivity index (χ2v) is 3.68. The Hall–Kier alpha value is -1.09. The molecule has 0 saturated carbocycles. The van der Waals surface area contributed by atoms with Gasteiger partial charge in [0.1, 0.15) is 11.4 Å². The van der Waals surface area contributed by atoms with Gasteiger partial charge in [0.05, 0.1) is 0 Å². The Kier molecular flexibility index (Phi) is 3.11. The quantitative estimate of drug-likeness (QED) is 0.824. The Morgan fingerprint density at radius 2 is 2.07 bits per heavy atom. The Labute approximate surface area is 86.3 Å². The molecule has 0 radical (unpaired) electrons. The zero-order chi connectivity index (χ0) is 10.9. The van der Waals surface area contributed by atoms with Crippen molar-refractivity contribution in [2.75, 3.05) is 0 Å². The molecule has 0 spiro atoms. The van der Waals surface area contributed by atoms with Gasteiger partial charge in [0, 0.05) is 5.02 Å². The van der Waals surface area contributed by atoms with E-state index in [-0.39, 0.29) is 11.5 Å². The zero-order valence-corrected chi connectivity index (χ0v) is 8.60. The topological polar surface area (TPSA) is 37.3 Å². The lowest BCUT2D eigenvalue weighted by molar-refractivity contribution is 0.0690. The molecule has 0 heterocycles. The van der Waals surface area contributed by atoms with E-state index >= 15 is 0 Å². The summed E-state index contributed by atoms with van der Waals surface area (Å²) in [6.07, 6.45) is 0. The summed E-state index contributed by atoms with van der Waals surface area (Å²) in [5.41, 5.74) is 0.0201. The summed E-state index contributed by atoms with van der Waals surface area (Å²) < 4.78 is 13.2. The van der Waals surface area contributed by atoms with Gasteiger partial charge in [-0.05, 0) is 23.6 Å². The van der Waals surface area contributed by atoms with Crippen molar-refractivity contribution in [3.05, 3.63) is 34.1 Å². The zero-order valence-electron chi connectivity index (χ0n) is 7.84. The standard InChI is InChI=1S/C10H10ClFO2/c1-5(2)8-6(11)3-4-7(12)9(8)10(13)14/h3-5H,1-2H3,(H,13,14). The molecule has 0 aliphatic carbocycles. The second-order valence-electron chi connectivity index (χ2n) is 3.28. The predicted molar refractivity (Wildman–Crippen MR) is 52.5 cm³/mol. The minimum absolute atomic E-state index is 0.121. The Balaban J connectivity index is 3.50. The molecule has 1 N–H and O–H groups in total. The van der Waals surface area contributed by atoms with Crippen LogP contribution in [-0.4, -0.2) is 11.1 Å². The molecular weight excluding hydrogens is 207 g/mol. The molecule has 0 saturated heterocycles. The summed E-state index contributed by atoms with van der Waals surface area (Å²) in [6.45, 7) is 3.54. The highest BCUT2D eigenvalue weighted by Gasteiger charge is 2.20. The van der Waals surface area contributed by atoms with Crippen LogP contribution in [0.3, 0.4) is 0 Å². The smallest absolute Gasteiger partial charge is 0.339 e. The molecule has 0 fully saturated rings. The molecule has 14 heavy (non-hydrogen) atoms. The first-order valence-electron chi connectivity index (χ1n) is 4.16. The Morgan fingerprint density at radius 1 is 1.50 bits per heavy atom. The van der Waals surface area contributed by atoms with Gasteiger partial charge in [-0.2, -0.15) is 0 Å². The van der Waals surface area contributed by atoms with Crippen LogP contribution in [0.4, 0.5) is 4.39 Å². The second kappa shape index (κ2) is 3.96. The molecule has 0 aromatic heterocycles. The van der Waals surface area contributed by atoms with Crippen LogP contribution in [0.5, 0.6) is 0 Å². The molecule has 0 aliphatic heterocycles. The number of benzene rings is 1. The van der Waals surface area contributed by atoms with Crippen LogP contribution in [0.25, 0.3) is 0 Å². The molecule has 0 atom stereocenters. The van der Waals surface area contributed by atoms with E-state index in [2.05, 4.69) is 0 Å². The summed E-state index contributed by atoms with van der Waals surface area (Å²) in [4.78, 5) is 10.8. The first-order valence-corrected chi connectivity index (χ1v) is 4.54. The number of carboxylic acid groups (broad SMARTS) is 1. The Morgan fingerprint density at radius 3 is 2.43 bits per heavy atom. The van der Waals surface area contributed by atoms with Gasteiger partial charge in [0.2, 0.25) is 0 Å². The van der Waals surface area contributed by atoms with Crippen molar-refractivity contribution < 1.29 is 14.3 Å². The monoisotopic (exact) mass is 216 g/mol. The minimum Gasteiger partial charge on any atom is -0.478 e. The number of hydrogen-bond donors (Lipinski definition) is 1. The fourth-order valence-corrected chi connectivity index (χ4v) is 1.73. The van der Waals surface area contributed by atoms with E-state index in [0.717, 1.165) is 6.07 Å². The molecule has 1 aromatic carbocycles. The summed E-state index contributed by atoms with van der Waals surface area (Å²) >= 11 is 5.81. The SMILES string of the molecule is CC(C)c1c(Cl)ccc(F)c1C(=O)O. The third-order valence-corrected chi connectivity index (χ3v) is 2.26. The number of rotatable bonds is 2. The highest BCUT2D eigenvalue weighted by atomic mass is 35.5. The first kappa shape index (κ1) is 11.0. The normalized spacial score (nSPS) is 10.6. The van der Waals surface area contributed by atoms with Gasteiger partial charge in [-0.25, -0.2) is 9.18 Å². The molecule has 0 aliphatic rings. The van der Waals surface area contributed by atoms with Crippen LogP contribution in [0, 0.1) is 5.82 Å². The molecule has 1 rings (SSSR count). The van der Waals surface area contributed by atoms with Crippen molar-refractivity contribution in [3.8, 4) is 0 Å². The fraction of sp³-hybridized carbons (Fsp3) is 0.300. The molecule has 1 aromatic rings. The lowest BCUT2D eigenvalue weighted by atomic mass is 9.97. The number of carbonyl (C=O) groups is 1. The van der Waals surface area contributed by atoms with Crippen molar-refractivity contribution in [1.29, 1.82) is 0 Å². The van der Waals surface area contributed by atoms with Gasteiger partial charge < -0.3 is 5.11 Å². The van der Waals surface area contributed by atoms with Crippen molar-refractivity contribution in [3.63, 3.8) is 0 Å². The molecule has 0 unspecified atom stereocenters. The molecule has 0 amide bonds. The molecule has 4 heteroatoms. The number of halogens is 2. The largest absolute Gasteiger partial charge is 0.478 e.